The van der Waals surface area contributed by atoms with E-state index in [0.717, 1.165) is 16.5 Å². The maximum Gasteiger partial charge on any atom is 0.159 e. The quantitative estimate of drug-likeness (QED) is 0.856. The molecule has 1 aromatic carbocycles. The predicted octanol–water partition coefficient (Wildman–Crippen LogP) is 3.45. The first-order valence-electron chi connectivity index (χ1n) is 6.86. The van der Waals surface area contributed by atoms with Gasteiger partial charge in [0.1, 0.15) is 0 Å². The normalized spacial score (nSPS) is 13.7. The lowest BCUT2D eigenvalue weighted by Crippen LogP contribution is -2.35. The van der Waals surface area contributed by atoms with E-state index in [2.05, 4.69) is 11.1 Å². The molecule has 2 aromatic rings. The van der Waals surface area contributed by atoms with Gasteiger partial charge in [-0.05, 0) is 31.8 Å². The molecule has 1 heterocycles. The highest BCUT2D eigenvalue weighted by atomic mass is 16.1. The van der Waals surface area contributed by atoms with Crippen LogP contribution < -0.4 is 0 Å². The van der Waals surface area contributed by atoms with Crippen molar-refractivity contribution in [3.8, 4) is 0 Å². The van der Waals surface area contributed by atoms with Crippen LogP contribution in [0.3, 0.4) is 0 Å². The molecule has 0 aliphatic heterocycles. The summed E-state index contributed by atoms with van der Waals surface area (Å²) in [6, 6.07) is 9.78. The van der Waals surface area contributed by atoms with Gasteiger partial charge in [0.2, 0.25) is 0 Å². The zero-order valence-electron chi connectivity index (χ0n) is 12.8. The minimum absolute atomic E-state index is 0.208. The van der Waals surface area contributed by atoms with Crippen molar-refractivity contribution < 1.29 is 4.79 Å². The molecule has 0 amide bonds. The van der Waals surface area contributed by atoms with Crippen molar-refractivity contribution in [3.05, 3.63) is 42.1 Å². The SMILES string of the molecule is CN(C)C(C(=O)C(C)(C)C)c1cnc2ccccc2c1. The highest BCUT2D eigenvalue weighted by Gasteiger charge is 2.32. The molecule has 0 aliphatic rings. The third kappa shape index (κ3) is 2.88. The zero-order chi connectivity index (χ0) is 14.9. The van der Waals surface area contributed by atoms with E-state index in [4.69, 9.17) is 0 Å². The summed E-state index contributed by atoms with van der Waals surface area (Å²) in [7, 11) is 3.87. The molecule has 0 spiro atoms. The van der Waals surface area contributed by atoms with Crippen LogP contribution in [-0.4, -0.2) is 29.8 Å². The zero-order valence-corrected chi connectivity index (χ0v) is 12.8. The molecule has 0 N–H and O–H groups in total. The molecular formula is C17H22N2O. The van der Waals surface area contributed by atoms with Crippen molar-refractivity contribution in [3.63, 3.8) is 0 Å². The smallest absolute Gasteiger partial charge is 0.159 e. The van der Waals surface area contributed by atoms with E-state index in [1.807, 2.05) is 70.2 Å². The number of hydrogen-bond acceptors (Lipinski definition) is 3. The lowest BCUT2D eigenvalue weighted by Gasteiger charge is -2.29. The van der Waals surface area contributed by atoms with Crippen molar-refractivity contribution >= 4 is 16.7 Å². The molecular weight excluding hydrogens is 248 g/mol. The predicted molar refractivity (Wildman–Crippen MR) is 82.6 cm³/mol. The first-order chi connectivity index (χ1) is 9.30. The number of aromatic nitrogens is 1. The number of hydrogen-bond donors (Lipinski definition) is 0. The Labute approximate surface area is 120 Å². The van der Waals surface area contributed by atoms with Gasteiger partial charge < -0.3 is 0 Å². The van der Waals surface area contributed by atoms with Gasteiger partial charge in [-0.1, -0.05) is 39.0 Å². The molecule has 3 nitrogen and oxygen atoms in total. The summed E-state index contributed by atoms with van der Waals surface area (Å²) in [4.78, 5) is 19.1. The van der Waals surface area contributed by atoms with Gasteiger partial charge in [0.25, 0.3) is 0 Å². The van der Waals surface area contributed by atoms with Crippen molar-refractivity contribution in [1.82, 2.24) is 9.88 Å². The van der Waals surface area contributed by atoms with E-state index in [-0.39, 0.29) is 17.2 Å². The van der Waals surface area contributed by atoms with Crippen LogP contribution in [0.15, 0.2) is 36.5 Å². The molecule has 3 heteroatoms. The number of benzene rings is 1. The van der Waals surface area contributed by atoms with Crippen LogP contribution in [0.4, 0.5) is 0 Å². The van der Waals surface area contributed by atoms with Crippen LogP contribution in [-0.2, 0) is 4.79 Å². The Kier molecular flexibility index (Phi) is 3.91. The number of fused-ring (bicyclic) bond motifs is 1. The number of carbonyl (C=O) groups excluding carboxylic acids is 1. The summed E-state index contributed by atoms with van der Waals surface area (Å²) in [5.74, 6) is 0.208. The summed E-state index contributed by atoms with van der Waals surface area (Å²) in [6.45, 7) is 5.88. The maximum absolute atomic E-state index is 12.7. The van der Waals surface area contributed by atoms with E-state index in [9.17, 15) is 4.79 Å². The topological polar surface area (TPSA) is 33.2 Å². The van der Waals surface area contributed by atoms with Crippen molar-refractivity contribution in [2.45, 2.75) is 26.8 Å². The van der Waals surface area contributed by atoms with E-state index in [1.165, 1.54) is 0 Å². The molecule has 20 heavy (non-hydrogen) atoms. The summed E-state index contributed by atoms with van der Waals surface area (Å²) in [6.07, 6.45) is 1.82. The number of likely N-dealkylation sites (N-methyl/N-ethyl adjacent to an activating group) is 1. The first kappa shape index (κ1) is 14.7. The van der Waals surface area contributed by atoms with Crippen LogP contribution in [0, 0.1) is 5.41 Å². The third-order valence-electron chi connectivity index (χ3n) is 3.43. The number of nitrogens with zero attached hydrogens (tertiary/aromatic N) is 2. The fraction of sp³-hybridized carbons (Fsp3) is 0.412. The minimum Gasteiger partial charge on any atom is -0.297 e. The van der Waals surface area contributed by atoms with E-state index in [1.54, 1.807) is 0 Å². The maximum atomic E-state index is 12.7. The molecule has 1 aromatic heterocycles. The Bertz CT molecular complexity index is 626. The van der Waals surface area contributed by atoms with Crippen LogP contribution >= 0.6 is 0 Å². The van der Waals surface area contributed by atoms with E-state index >= 15 is 0 Å². The Morgan fingerprint density at radius 3 is 2.45 bits per heavy atom. The van der Waals surface area contributed by atoms with Gasteiger partial charge in [0, 0.05) is 17.0 Å². The first-order valence-corrected chi connectivity index (χ1v) is 6.86. The number of para-hydroxylation sites is 1. The summed E-state index contributed by atoms with van der Waals surface area (Å²) < 4.78 is 0. The Morgan fingerprint density at radius 1 is 1.20 bits per heavy atom. The molecule has 0 bridgehead atoms. The van der Waals surface area contributed by atoms with Crippen LogP contribution in [0.2, 0.25) is 0 Å². The molecule has 1 unspecified atom stereocenters. The Morgan fingerprint density at radius 2 is 1.85 bits per heavy atom. The van der Waals surface area contributed by atoms with Gasteiger partial charge in [0.15, 0.2) is 5.78 Å². The number of ketones is 1. The average molecular weight is 270 g/mol. The van der Waals surface area contributed by atoms with Crippen molar-refractivity contribution in [2.24, 2.45) is 5.41 Å². The summed E-state index contributed by atoms with van der Waals surface area (Å²) >= 11 is 0. The second-order valence-corrected chi connectivity index (χ2v) is 6.44. The van der Waals surface area contributed by atoms with Gasteiger partial charge in [-0.25, -0.2) is 0 Å². The average Bonchev–Trinajstić information content (AvgIpc) is 2.37. The minimum atomic E-state index is -0.374. The number of pyridine rings is 1. The van der Waals surface area contributed by atoms with Gasteiger partial charge in [0.05, 0.1) is 11.6 Å². The molecule has 0 saturated carbocycles. The highest BCUT2D eigenvalue weighted by Crippen LogP contribution is 2.29. The molecule has 106 valence electrons. The second kappa shape index (κ2) is 5.33. The Hall–Kier alpha value is -1.74. The van der Waals surface area contributed by atoms with Gasteiger partial charge in [-0.2, -0.15) is 0 Å². The molecule has 1 atom stereocenters. The number of carbonyl (C=O) groups is 1. The second-order valence-electron chi connectivity index (χ2n) is 6.44. The summed E-state index contributed by atoms with van der Waals surface area (Å²) in [5.41, 5.74) is 1.53. The molecule has 2 rings (SSSR count). The van der Waals surface area contributed by atoms with Crippen molar-refractivity contribution in [2.75, 3.05) is 14.1 Å². The summed E-state index contributed by atoms with van der Waals surface area (Å²) in [5, 5.41) is 1.07. The monoisotopic (exact) mass is 270 g/mol. The van der Waals surface area contributed by atoms with Crippen LogP contribution in [0.1, 0.15) is 32.4 Å². The van der Waals surface area contributed by atoms with Gasteiger partial charge >= 0.3 is 0 Å². The van der Waals surface area contributed by atoms with E-state index in [0.29, 0.717) is 0 Å². The third-order valence-corrected chi connectivity index (χ3v) is 3.43. The molecule has 0 radical (unpaired) electrons. The fourth-order valence-corrected chi connectivity index (χ4v) is 2.33. The number of Topliss-reactive ketones (excluding diaryl/α,β-unsaturated/α-hetero) is 1. The van der Waals surface area contributed by atoms with Gasteiger partial charge in [-0.15, -0.1) is 0 Å². The largest absolute Gasteiger partial charge is 0.297 e. The standard InChI is InChI=1S/C17H22N2O/c1-17(2,3)16(20)15(19(4)5)13-10-12-8-6-7-9-14(12)18-11-13/h6-11,15H,1-5H3. The van der Waals surface area contributed by atoms with Crippen LogP contribution in [0.25, 0.3) is 10.9 Å². The lowest BCUT2D eigenvalue weighted by molar-refractivity contribution is -0.131. The highest BCUT2D eigenvalue weighted by molar-refractivity contribution is 5.90. The molecule has 0 fully saturated rings. The lowest BCUT2D eigenvalue weighted by atomic mass is 9.83. The van der Waals surface area contributed by atoms with Crippen LogP contribution in [0.5, 0.6) is 0 Å². The van der Waals surface area contributed by atoms with Crippen molar-refractivity contribution in [1.29, 1.82) is 0 Å². The Balaban J connectivity index is 2.49. The number of rotatable bonds is 3. The van der Waals surface area contributed by atoms with Gasteiger partial charge in [-0.3, -0.25) is 14.7 Å². The molecule has 0 saturated heterocycles. The van der Waals surface area contributed by atoms with E-state index < -0.39 is 0 Å². The fourth-order valence-electron chi connectivity index (χ4n) is 2.33. The molecule has 0 aliphatic carbocycles.